The summed E-state index contributed by atoms with van der Waals surface area (Å²) in [5.41, 5.74) is 2.48. The molecule has 1 fully saturated rings. The zero-order chi connectivity index (χ0) is 15.4. The third kappa shape index (κ3) is 3.41. The number of ether oxygens (including phenoxy) is 2. The summed E-state index contributed by atoms with van der Waals surface area (Å²) in [6.07, 6.45) is 2.91. The highest BCUT2D eigenvalue weighted by atomic mass is 32.2. The highest BCUT2D eigenvalue weighted by molar-refractivity contribution is 8.00. The van der Waals surface area contributed by atoms with Crippen molar-refractivity contribution >= 4 is 17.7 Å². The van der Waals surface area contributed by atoms with Crippen LogP contribution in [0.2, 0.25) is 0 Å². The molecule has 22 heavy (non-hydrogen) atoms. The summed E-state index contributed by atoms with van der Waals surface area (Å²) in [6, 6.07) is 6.35. The van der Waals surface area contributed by atoms with Crippen molar-refractivity contribution in [3.8, 4) is 5.75 Å². The van der Waals surface area contributed by atoms with Crippen LogP contribution in [-0.2, 0) is 16.0 Å². The standard InChI is InChI=1S/C17H23NO3S/c1-2-8-20-9-3-7-18-16(19)12-22-17(18)14-4-5-15-13(11-14)6-10-21-15/h4-5,11,17H,2-3,6-10,12H2,1H3. The molecule has 4 nitrogen and oxygen atoms in total. The van der Waals surface area contributed by atoms with E-state index in [0.29, 0.717) is 5.75 Å². The first-order valence-corrected chi connectivity index (χ1v) is 9.09. The second kappa shape index (κ2) is 7.38. The Kier molecular flexibility index (Phi) is 5.26. The van der Waals surface area contributed by atoms with Crippen LogP contribution in [-0.4, -0.2) is 42.9 Å². The molecule has 1 aromatic rings. The molecule has 0 saturated carbocycles. The molecule has 0 radical (unpaired) electrons. The van der Waals surface area contributed by atoms with E-state index in [9.17, 15) is 4.79 Å². The number of thioether (sulfide) groups is 1. The maximum Gasteiger partial charge on any atom is 0.233 e. The smallest absolute Gasteiger partial charge is 0.233 e. The first kappa shape index (κ1) is 15.7. The normalized spacial score (nSPS) is 20.3. The van der Waals surface area contributed by atoms with E-state index in [1.165, 1.54) is 11.1 Å². The first-order valence-electron chi connectivity index (χ1n) is 8.04. The summed E-state index contributed by atoms with van der Waals surface area (Å²) in [5, 5.41) is 0.143. The highest BCUT2D eigenvalue weighted by Gasteiger charge is 2.32. The van der Waals surface area contributed by atoms with Gasteiger partial charge in [0.2, 0.25) is 5.91 Å². The molecule has 0 N–H and O–H groups in total. The van der Waals surface area contributed by atoms with Crippen LogP contribution in [0.4, 0.5) is 0 Å². The van der Waals surface area contributed by atoms with Gasteiger partial charge in [-0.05, 0) is 36.1 Å². The van der Waals surface area contributed by atoms with Gasteiger partial charge in [0.1, 0.15) is 11.1 Å². The van der Waals surface area contributed by atoms with E-state index in [2.05, 4.69) is 19.1 Å². The average molecular weight is 321 g/mol. The van der Waals surface area contributed by atoms with Gasteiger partial charge in [-0.2, -0.15) is 0 Å². The van der Waals surface area contributed by atoms with Gasteiger partial charge in [-0.1, -0.05) is 13.0 Å². The predicted molar refractivity (Wildman–Crippen MR) is 88.3 cm³/mol. The molecule has 0 aromatic heterocycles. The molecule has 120 valence electrons. The molecule has 1 amide bonds. The zero-order valence-corrected chi connectivity index (χ0v) is 13.9. The number of nitrogens with zero attached hydrogens (tertiary/aromatic N) is 1. The monoisotopic (exact) mass is 321 g/mol. The molecule has 2 aliphatic heterocycles. The van der Waals surface area contributed by atoms with Gasteiger partial charge in [0.15, 0.2) is 0 Å². The number of fused-ring (bicyclic) bond motifs is 1. The molecular weight excluding hydrogens is 298 g/mol. The lowest BCUT2D eigenvalue weighted by molar-refractivity contribution is -0.128. The lowest BCUT2D eigenvalue weighted by Crippen LogP contribution is -2.30. The van der Waals surface area contributed by atoms with Crippen molar-refractivity contribution in [2.45, 2.75) is 31.6 Å². The van der Waals surface area contributed by atoms with Gasteiger partial charge in [0.05, 0.1) is 12.4 Å². The Labute approximate surface area is 136 Å². The maximum absolute atomic E-state index is 12.2. The van der Waals surface area contributed by atoms with Crippen LogP contribution >= 0.6 is 11.8 Å². The number of carbonyl (C=O) groups excluding carboxylic acids is 1. The van der Waals surface area contributed by atoms with E-state index in [1.54, 1.807) is 11.8 Å². The Morgan fingerprint density at radius 1 is 1.41 bits per heavy atom. The summed E-state index contributed by atoms with van der Waals surface area (Å²) in [5.74, 6) is 1.81. The van der Waals surface area contributed by atoms with Gasteiger partial charge in [0, 0.05) is 26.2 Å². The molecule has 1 saturated heterocycles. The van der Waals surface area contributed by atoms with E-state index in [1.807, 2.05) is 11.0 Å². The fourth-order valence-corrected chi connectivity index (χ4v) is 4.12. The summed E-state index contributed by atoms with van der Waals surface area (Å²) in [6.45, 7) is 5.18. The SMILES string of the molecule is CCCOCCCN1C(=O)CSC1c1ccc2c(c1)CCO2. The van der Waals surface area contributed by atoms with Gasteiger partial charge >= 0.3 is 0 Å². The van der Waals surface area contributed by atoms with Gasteiger partial charge in [0.25, 0.3) is 0 Å². The minimum atomic E-state index is 0.143. The molecule has 3 rings (SSSR count). The number of rotatable bonds is 7. The number of benzene rings is 1. The van der Waals surface area contributed by atoms with E-state index in [4.69, 9.17) is 9.47 Å². The molecule has 1 aromatic carbocycles. The van der Waals surface area contributed by atoms with Crippen LogP contribution in [0.3, 0.4) is 0 Å². The van der Waals surface area contributed by atoms with E-state index < -0.39 is 0 Å². The molecular formula is C17H23NO3S. The lowest BCUT2D eigenvalue weighted by Gasteiger charge is -2.24. The van der Waals surface area contributed by atoms with Crippen molar-refractivity contribution in [3.63, 3.8) is 0 Å². The Balaban J connectivity index is 1.63. The topological polar surface area (TPSA) is 38.8 Å². The van der Waals surface area contributed by atoms with Gasteiger partial charge in [-0.15, -0.1) is 11.8 Å². The molecule has 5 heteroatoms. The molecule has 0 aliphatic carbocycles. The number of carbonyl (C=O) groups is 1. The van der Waals surface area contributed by atoms with Gasteiger partial charge in [-0.25, -0.2) is 0 Å². The van der Waals surface area contributed by atoms with E-state index >= 15 is 0 Å². The molecule has 0 bridgehead atoms. The van der Waals surface area contributed by atoms with Crippen LogP contribution in [0, 0.1) is 0 Å². The largest absolute Gasteiger partial charge is 0.493 e. The molecule has 1 unspecified atom stereocenters. The van der Waals surface area contributed by atoms with Crippen molar-refractivity contribution in [1.29, 1.82) is 0 Å². The van der Waals surface area contributed by atoms with Crippen molar-refractivity contribution in [2.24, 2.45) is 0 Å². The third-order valence-electron chi connectivity index (χ3n) is 4.00. The van der Waals surface area contributed by atoms with Gasteiger partial charge < -0.3 is 14.4 Å². The second-order valence-electron chi connectivity index (χ2n) is 5.68. The second-order valence-corrected chi connectivity index (χ2v) is 6.75. The molecule has 2 aliphatic rings. The van der Waals surface area contributed by atoms with Crippen molar-refractivity contribution in [3.05, 3.63) is 29.3 Å². The zero-order valence-electron chi connectivity index (χ0n) is 13.0. The molecule has 2 heterocycles. The number of amides is 1. The lowest BCUT2D eigenvalue weighted by atomic mass is 10.1. The summed E-state index contributed by atoms with van der Waals surface area (Å²) in [4.78, 5) is 14.1. The Bertz CT molecular complexity index is 535. The predicted octanol–water partition coefficient (Wildman–Crippen LogP) is 3.01. The fraction of sp³-hybridized carbons (Fsp3) is 0.588. The number of hydrogen-bond acceptors (Lipinski definition) is 4. The summed E-state index contributed by atoms with van der Waals surface area (Å²) < 4.78 is 11.1. The first-order chi connectivity index (χ1) is 10.8. The van der Waals surface area contributed by atoms with E-state index in [-0.39, 0.29) is 11.3 Å². The minimum Gasteiger partial charge on any atom is -0.493 e. The highest BCUT2D eigenvalue weighted by Crippen LogP contribution is 2.40. The average Bonchev–Trinajstić information content (AvgIpc) is 3.13. The van der Waals surface area contributed by atoms with Crippen molar-refractivity contribution < 1.29 is 14.3 Å². The Morgan fingerprint density at radius 3 is 3.18 bits per heavy atom. The Hall–Kier alpha value is -1.20. The molecule has 0 spiro atoms. The Morgan fingerprint density at radius 2 is 2.32 bits per heavy atom. The quantitative estimate of drug-likeness (QED) is 0.724. The van der Waals surface area contributed by atoms with Crippen LogP contribution in [0.15, 0.2) is 18.2 Å². The third-order valence-corrected chi connectivity index (χ3v) is 5.26. The van der Waals surface area contributed by atoms with Crippen LogP contribution in [0.25, 0.3) is 0 Å². The van der Waals surface area contributed by atoms with Gasteiger partial charge in [-0.3, -0.25) is 4.79 Å². The van der Waals surface area contributed by atoms with Crippen molar-refractivity contribution in [2.75, 3.05) is 32.1 Å². The van der Waals surface area contributed by atoms with Crippen LogP contribution in [0.5, 0.6) is 5.75 Å². The van der Waals surface area contributed by atoms with Crippen LogP contribution < -0.4 is 4.74 Å². The molecule has 1 atom stereocenters. The van der Waals surface area contributed by atoms with E-state index in [0.717, 1.165) is 51.4 Å². The van der Waals surface area contributed by atoms with Crippen molar-refractivity contribution in [1.82, 2.24) is 4.90 Å². The summed E-state index contributed by atoms with van der Waals surface area (Å²) >= 11 is 1.72. The minimum absolute atomic E-state index is 0.143. The summed E-state index contributed by atoms with van der Waals surface area (Å²) in [7, 11) is 0. The fourth-order valence-electron chi connectivity index (χ4n) is 2.92. The maximum atomic E-state index is 12.2. The van der Waals surface area contributed by atoms with Crippen LogP contribution in [0.1, 0.15) is 36.3 Å². The number of hydrogen-bond donors (Lipinski definition) is 0.